The molecule has 0 atom stereocenters. The van der Waals surface area contributed by atoms with Crippen LogP contribution >= 0.6 is 0 Å². The minimum absolute atomic E-state index is 0.0805. The van der Waals surface area contributed by atoms with Crippen LogP contribution < -0.4 is 10.1 Å². The number of ether oxygens (including phenoxy) is 1. The van der Waals surface area contributed by atoms with E-state index < -0.39 is 5.41 Å². The number of hydrogen-bond acceptors (Lipinski definition) is 4. The third-order valence-corrected chi connectivity index (χ3v) is 5.44. The Kier molecular flexibility index (Phi) is 5.46. The first kappa shape index (κ1) is 18.2. The molecule has 0 bridgehead atoms. The number of benzene rings is 1. The van der Waals surface area contributed by atoms with Crippen LogP contribution in [0.5, 0.6) is 5.75 Å². The van der Waals surface area contributed by atoms with Crippen molar-refractivity contribution in [1.29, 1.82) is 5.26 Å². The molecule has 1 saturated heterocycles. The number of carbonyl (C=O) groups is 2. The lowest BCUT2D eigenvalue weighted by atomic mass is 9.74. The van der Waals surface area contributed by atoms with Crippen molar-refractivity contribution in [2.75, 3.05) is 25.5 Å². The summed E-state index contributed by atoms with van der Waals surface area (Å²) in [5.41, 5.74) is 0.0116. The third kappa shape index (κ3) is 3.52. The van der Waals surface area contributed by atoms with Crippen LogP contribution in [0, 0.1) is 16.7 Å². The second-order valence-corrected chi connectivity index (χ2v) is 7.12. The van der Waals surface area contributed by atoms with Gasteiger partial charge in [0.15, 0.2) is 0 Å². The molecule has 26 heavy (non-hydrogen) atoms. The van der Waals surface area contributed by atoms with Crippen molar-refractivity contribution in [3.05, 3.63) is 23.8 Å². The summed E-state index contributed by atoms with van der Waals surface area (Å²) in [5.74, 6) is 0.139. The van der Waals surface area contributed by atoms with E-state index >= 15 is 0 Å². The van der Waals surface area contributed by atoms with E-state index in [2.05, 4.69) is 11.4 Å². The highest BCUT2D eigenvalue weighted by atomic mass is 16.5. The topological polar surface area (TPSA) is 82.4 Å². The Bertz CT molecular complexity index is 726. The monoisotopic (exact) mass is 355 g/mol. The van der Waals surface area contributed by atoms with Gasteiger partial charge in [-0.3, -0.25) is 9.59 Å². The molecule has 3 rings (SSSR count). The highest BCUT2D eigenvalue weighted by Crippen LogP contribution is 2.37. The van der Waals surface area contributed by atoms with Crippen LogP contribution in [0.15, 0.2) is 18.2 Å². The molecule has 0 unspecified atom stereocenters. The van der Waals surface area contributed by atoms with E-state index in [0.717, 1.165) is 45.2 Å². The number of nitrogens with zero attached hydrogens (tertiary/aromatic N) is 2. The van der Waals surface area contributed by atoms with E-state index in [-0.39, 0.29) is 11.8 Å². The molecule has 1 aromatic carbocycles. The van der Waals surface area contributed by atoms with E-state index in [1.165, 1.54) is 7.11 Å². The number of nitrogens with one attached hydrogen (secondary N) is 1. The Hall–Kier alpha value is -2.55. The van der Waals surface area contributed by atoms with Gasteiger partial charge in [-0.25, -0.2) is 0 Å². The molecule has 1 aromatic rings. The highest BCUT2D eigenvalue weighted by Gasteiger charge is 2.40. The number of nitriles is 1. The van der Waals surface area contributed by atoms with Crippen LogP contribution in [-0.4, -0.2) is 36.9 Å². The smallest absolute Gasteiger partial charge is 0.257 e. The number of rotatable bonds is 4. The number of likely N-dealkylation sites (tertiary alicyclic amines) is 1. The summed E-state index contributed by atoms with van der Waals surface area (Å²) in [4.78, 5) is 27.3. The van der Waals surface area contributed by atoms with Gasteiger partial charge in [0.25, 0.3) is 5.91 Å². The summed E-state index contributed by atoms with van der Waals surface area (Å²) in [6.07, 6.45) is 6.04. The molecule has 2 fully saturated rings. The van der Waals surface area contributed by atoms with Crippen molar-refractivity contribution < 1.29 is 14.3 Å². The molecule has 138 valence electrons. The van der Waals surface area contributed by atoms with Gasteiger partial charge in [-0.05, 0) is 43.9 Å². The fraction of sp³-hybridized carbons (Fsp3) is 0.550. The fourth-order valence-electron chi connectivity index (χ4n) is 3.84. The minimum atomic E-state index is -0.961. The molecule has 6 heteroatoms. The minimum Gasteiger partial charge on any atom is -0.496 e. The average Bonchev–Trinajstić information content (AvgIpc) is 3.22. The third-order valence-electron chi connectivity index (χ3n) is 5.44. The summed E-state index contributed by atoms with van der Waals surface area (Å²) in [7, 11) is 1.53. The van der Waals surface area contributed by atoms with E-state index in [0.29, 0.717) is 29.8 Å². The van der Waals surface area contributed by atoms with Gasteiger partial charge in [0.05, 0.1) is 18.7 Å². The van der Waals surface area contributed by atoms with Gasteiger partial charge >= 0.3 is 0 Å². The van der Waals surface area contributed by atoms with E-state index in [4.69, 9.17) is 4.74 Å². The summed E-state index contributed by atoms with van der Waals surface area (Å²) in [6, 6.07) is 7.30. The lowest BCUT2D eigenvalue weighted by Gasteiger charge is -2.29. The van der Waals surface area contributed by atoms with Gasteiger partial charge < -0.3 is 15.0 Å². The molecule has 0 spiro atoms. The molecule has 6 nitrogen and oxygen atoms in total. The van der Waals surface area contributed by atoms with Crippen LogP contribution in [0.4, 0.5) is 5.69 Å². The Balaban J connectivity index is 1.82. The largest absolute Gasteiger partial charge is 0.496 e. The van der Waals surface area contributed by atoms with Crippen molar-refractivity contribution in [3.63, 3.8) is 0 Å². The Morgan fingerprint density at radius 2 is 1.85 bits per heavy atom. The molecule has 2 aliphatic rings. The van der Waals surface area contributed by atoms with E-state index in [1.807, 2.05) is 0 Å². The molecule has 0 radical (unpaired) electrons. The lowest BCUT2D eigenvalue weighted by Crippen LogP contribution is -2.36. The first-order chi connectivity index (χ1) is 12.6. The van der Waals surface area contributed by atoms with Gasteiger partial charge in [-0.1, -0.05) is 19.3 Å². The number of carbonyl (C=O) groups excluding carboxylic acids is 2. The second kappa shape index (κ2) is 7.77. The summed E-state index contributed by atoms with van der Waals surface area (Å²) >= 11 is 0. The van der Waals surface area contributed by atoms with Gasteiger partial charge in [-0.2, -0.15) is 5.26 Å². The van der Waals surface area contributed by atoms with E-state index in [1.54, 1.807) is 23.1 Å². The van der Waals surface area contributed by atoms with Crippen LogP contribution in [0.3, 0.4) is 0 Å². The quantitative estimate of drug-likeness (QED) is 0.898. The van der Waals surface area contributed by atoms with Gasteiger partial charge in [-0.15, -0.1) is 0 Å². The van der Waals surface area contributed by atoms with Crippen molar-refractivity contribution in [1.82, 2.24) is 4.90 Å². The molecule has 1 saturated carbocycles. The lowest BCUT2D eigenvalue weighted by molar-refractivity contribution is -0.124. The van der Waals surface area contributed by atoms with Crippen molar-refractivity contribution >= 4 is 17.5 Å². The summed E-state index contributed by atoms with van der Waals surface area (Å²) < 4.78 is 5.33. The maximum Gasteiger partial charge on any atom is 0.257 e. The van der Waals surface area contributed by atoms with Gasteiger partial charge in [0.1, 0.15) is 11.2 Å². The van der Waals surface area contributed by atoms with Gasteiger partial charge in [0, 0.05) is 18.8 Å². The highest BCUT2D eigenvalue weighted by molar-refractivity contribution is 6.01. The molecule has 1 heterocycles. The molecule has 1 aliphatic carbocycles. The molecular formula is C20H25N3O3. The Morgan fingerprint density at radius 3 is 2.46 bits per heavy atom. The first-order valence-electron chi connectivity index (χ1n) is 9.30. The maximum atomic E-state index is 12.8. The number of methoxy groups -OCH3 is 1. The maximum absolute atomic E-state index is 12.8. The fourth-order valence-corrected chi connectivity index (χ4v) is 3.84. The number of hydrogen-bond donors (Lipinski definition) is 1. The number of anilines is 1. The van der Waals surface area contributed by atoms with Crippen molar-refractivity contribution in [3.8, 4) is 11.8 Å². The van der Waals surface area contributed by atoms with E-state index in [9.17, 15) is 14.9 Å². The zero-order valence-corrected chi connectivity index (χ0v) is 15.2. The second-order valence-electron chi connectivity index (χ2n) is 7.12. The van der Waals surface area contributed by atoms with Crippen LogP contribution in [0.1, 0.15) is 55.3 Å². The predicted octanol–water partition coefficient (Wildman–Crippen LogP) is 3.34. The van der Waals surface area contributed by atoms with Crippen molar-refractivity contribution in [2.45, 2.75) is 44.9 Å². The molecule has 1 N–H and O–H groups in total. The summed E-state index contributed by atoms with van der Waals surface area (Å²) in [6.45, 7) is 1.49. The predicted molar refractivity (Wildman–Crippen MR) is 97.9 cm³/mol. The molecule has 0 aromatic heterocycles. The molecule has 1 aliphatic heterocycles. The summed E-state index contributed by atoms with van der Waals surface area (Å²) in [5, 5.41) is 12.4. The zero-order chi connectivity index (χ0) is 18.6. The van der Waals surface area contributed by atoms with Crippen LogP contribution in [0.2, 0.25) is 0 Å². The van der Waals surface area contributed by atoms with Crippen LogP contribution in [-0.2, 0) is 4.79 Å². The Labute approximate surface area is 154 Å². The average molecular weight is 355 g/mol. The number of amides is 2. The molecule has 2 amide bonds. The molecular weight excluding hydrogens is 330 g/mol. The zero-order valence-electron chi connectivity index (χ0n) is 15.2. The Morgan fingerprint density at radius 1 is 1.15 bits per heavy atom. The van der Waals surface area contributed by atoms with Crippen molar-refractivity contribution in [2.24, 2.45) is 5.41 Å². The standard InChI is InChI=1S/C20H25N3O3/c1-26-17-8-7-15(13-16(17)18(24)23-11-5-6-12-23)22-19(25)20(14-21)9-3-2-4-10-20/h7-8,13H,2-6,9-12H2,1H3,(H,22,25). The normalized spacial score (nSPS) is 18.8. The first-order valence-corrected chi connectivity index (χ1v) is 9.30. The van der Waals surface area contributed by atoms with Crippen LogP contribution in [0.25, 0.3) is 0 Å². The van der Waals surface area contributed by atoms with Gasteiger partial charge in [0.2, 0.25) is 5.91 Å². The SMILES string of the molecule is COc1ccc(NC(=O)C2(C#N)CCCCC2)cc1C(=O)N1CCCC1.